The molecule has 1 aromatic heterocycles. The molecule has 1 atom stereocenters. The number of carbonyl (C=O) groups is 1. The van der Waals surface area contributed by atoms with Crippen LogP contribution >= 0.6 is 11.3 Å². The average molecular weight is 275 g/mol. The minimum Gasteiger partial charge on any atom is -0.508 e. The van der Waals surface area contributed by atoms with E-state index in [1.54, 1.807) is 23.5 Å². The predicted octanol–water partition coefficient (Wildman–Crippen LogP) is 2.71. The minimum absolute atomic E-state index is 0.232. The Labute approximate surface area is 114 Å². The number of carboxylic acids is 1. The molecule has 5 heteroatoms. The van der Waals surface area contributed by atoms with Gasteiger partial charge in [0.1, 0.15) is 10.8 Å². The molecule has 0 fully saturated rings. The summed E-state index contributed by atoms with van der Waals surface area (Å²) in [6.45, 7) is 0. The lowest BCUT2D eigenvalue weighted by molar-refractivity contribution is -0.142. The number of hydrogen-bond acceptors (Lipinski definition) is 4. The van der Waals surface area contributed by atoms with E-state index in [-0.39, 0.29) is 11.7 Å². The van der Waals surface area contributed by atoms with E-state index in [0.717, 1.165) is 27.6 Å². The lowest BCUT2D eigenvalue weighted by Gasteiger charge is -2.16. The Morgan fingerprint density at radius 1 is 1.32 bits per heavy atom. The zero-order valence-corrected chi connectivity index (χ0v) is 11.0. The fourth-order valence-corrected chi connectivity index (χ4v) is 3.51. The third-order valence-corrected chi connectivity index (χ3v) is 4.57. The first kappa shape index (κ1) is 12.2. The Morgan fingerprint density at radius 2 is 2.05 bits per heavy atom. The summed E-state index contributed by atoms with van der Waals surface area (Å²) in [4.78, 5) is 16.7. The van der Waals surface area contributed by atoms with Crippen LogP contribution in [0.15, 0.2) is 24.3 Å². The number of aryl methyl sites for hydroxylation is 1. The molecule has 1 heterocycles. The summed E-state index contributed by atoms with van der Waals surface area (Å²) in [6, 6.07) is 6.92. The second kappa shape index (κ2) is 4.66. The van der Waals surface area contributed by atoms with E-state index in [1.165, 1.54) is 0 Å². The number of phenols is 1. The van der Waals surface area contributed by atoms with Crippen molar-refractivity contribution in [2.24, 2.45) is 5.92 Å². The molecule has 0 spiro atoms. The Balaban J connectivity index is 1.91. The SMILES string of the molecule is O=C(O)C1CCc2nc(-c3ccc(O)cc3)sc2C1. The van der Waals surface area contributed by atoms with Gasteiger partial charge < -0.3 is 10.2 Å². The quantitative estimate of drug-likeness (QED) is 0.884. The third-order valence-electron chi connectivity index (χ3n) is 3.40. The molecule has 3 rings (SSSR count). The van der Waals surface area contributed by atoms with Crippen LogP contribution in [0.4, 0.5) is 0 Å². The maximum atomic E-state index is 11.0. The summed E-state index contributed by atoms with van der Waals surface area (Å²) in [5.74, 6) is -0.762. The molecule has 2 N–H and O–H groups in total. The van der Waals surface area contributed by atoms with Crippen molar-refractivity contribution in [3.8, 4) is 16.3 Å². The van der Waals surface area contributed by atoms with E-state index in [2.05, 4.69) is 4.98 Å². The lowest BCUT2D eigenvalue weighted by Crippen LogP contribution is -2.21. The molecule has 1 aromatic carbocycles. The second-order valence-electron chi connectivity index (χ2n) is 4.71. The number of fused-ring (bicyclic) bond motifs is 1. The van der Waals surface area contributed by atoms with Crippen molar-refractivity contribution in [3.63, 3.8) is 0 Å². The summed E-state index contributed by atoms with van der Waals surface area (Å²) < 4.78 is 0. The van der Waals surface area contributed by atoms with E-state index in [4.69, 9.17) is 5.11 Å². The highest BCUT2D eigenvalue weighted by molar-refractivity contribution is 7.15. The lowest BCUT2D eigenvalue weighted by atomic mass is 9.91. The molecule has 1 aliphatic rings. The maximum Gasteiger partial charge on any atom is 0.306 e. The zero-order chi connectivity index (χ0) is 13.4. The average Bonchev–Trinajstić information content (AvgIpc) is 2.82. The van der Waals surface area contributed by atoms with Gasteiger partial charge in [0.05, 0.1) is 11.6 Å². The molecule has 0 radical (unpaired) electrons. The monoisotopic (exact) mass is 275 g/mol. The van der Waals surface area contributed by atoms with Crippen LogP contribution in [0.2, 0.25) is 0 Å². The van der Waals surface area contributed by atoms with Crippen LogP contribution in [0.3, 0.4) is 0 Å². The van der Waals surface area contributed by atoms with E-state index >= 15 is 0 Å². The number of aromatic hydroxyl groups is 1. The van der Waals surface area contributed by atoms with Crippen molar-refractivity contribution in [1.82, 2.24) is 4.98 Å². The van der Waals surface area contributed by atoms with Gasteiger partial charge in [0.2, 0.25) is 0 Å². The van der Waals surface area contributed by atoms with Crippen LogP contribution in [-0.2, 0) is 17.6 Å². The number of benzene rings is 1. The van der Waals surface area contributed by atoms with Crippen LogP contribution in [-0.4, -0.2) is 21.2 Å². The molecule has 98 valence electrons. The smallest absolute Gasteiger partial charge is 0.306 e. The Kier molecular flexibility index (Phi) is 2.98. The molecular formula is C14H13NO3S. The molecule has 4 nitrogen and oxygen atoms in total. The fourth-order valence-electron chi connectivity index (χ4n) is 2.31. The van der Waals surface area contributed by atoms with Crippen molar-refractivity contribution in [2.75, 3.05) is 0 Å². The van der Waals surface area contributed by atoms with E-state index < -0.39 is 5.97 Å². The topological polar surface area (TPSA) is 70.4 Å². The first-order valence-corrected chi connectivity index (χ1v) is 6.96. The van der Waals surface area contributed by atoms with Crippen LogP contribution in [0.1, 0.15) is 17.0 Å². The highest BCUT2D eigenvalue weighted by Gasteiger charge is 2.27. The predicted molar refractivity (Wildman–Crippen MR) is 72.4 cm³/mol. The number of thiazole rings is 1. The largest absolute Gasteiger partial charge is 0.508 e. The van der Waals surface area contributed by atoms with Crippen LogP contribution in [0, 0.1) is 5.92 Å². The van der Waals surface area contributed by atoms with Gasteiger partial charge in [0.15, 0.2) is 0 Å². The van der Waals surface area contributed by atoms with E-state index in [9.17, 15) is 9.90 Å². The van der Waals surface area contributed by atoms with Crippen molar-refractivity contribution < 1.29 is 15.0 Å². The van der Waals surface area contributed by atoms with Gasteiger partial charge in [-0.2, -0.15) is 0 Å². The number of aromatic nitrogens is 1. The summed E-state index contributed by atoms with van der Waals surface area (Å²) in [7, 11) is 0. The molecular weight excluding hydrogens is 262 g/mol. The van der Waals surface area contributed by atoms with Crippen molar-refractivity contribution in [2.45, 2.75) is 19.3 Å². The summed E-state index contributed by atoms with van der Waals surface area (Å²) >= 11 is 1.56. The second-order valence-corrected chi connectivity index (χ2v) is 5.80. The molecule has 19 heavy (non-hydrogen) atoms. The molecule has 2 aromatic rings. The van der Waals surface area contributed by atoms with Crippen LogP contribution < -0.4 is 0 Å². The molecule has 1 aliphatic carbocycles. The normalized spacial score (nSPS) is 18.0. The number of carboxylic acid groups (broad SMARTS) is 1. The first-order chi connectivity index (χ1) is 9.13. The number of phenolic OH excluding ortho intramolecular Hbond substituents is 1. The van der Waals surface area contributed by atoms with E-state index in [1.807, 2.05) is 12.1 Å². The Hall–Kier alpha value is -1.88. The van der Waals surface area contributed by atoms with Gasteiger partial charge in [-0.1, -0.05) is 0 Å². The highest BCUT2D eigenvalue weighted by atomic mass is 32.1. The number of hydrogen-bond donors (Lipinski definition) is 2. The van der Waals surface area contributed by atoms with Gasteiger partial charge in [-0.05, 0) is 43.5 Å². The fraction of sp³-hybridized carbons (Fsp3) is 0.286. The zero-order valence-electron chi connectivity index (χ0n) is 10.2. The Morgan fingerprint density at radius 3 is 2.74 bits per heavy atom. The minimum atomic E-state index is -0.717. The molecule has 0 saturated heterocycles. The van der Waals surface area contributed by atoms with Gasteiger partial charge in [0, 0.05) is 10.4 Å². The van der Waals surface area contributed by atoms with Gasteiger partial charge in [-0.25, -0.2) is 4.98 Å². The number of nitrogens with zero attached hydrogens (tertiary/aromatic N) is 1. The molecule has 0 saturated carbocycles. The highest BCUT2D eigenvalue weighted by Crippen LogP contribution is 2.35. The molecule has 0 aliphatic heterocycles. The van der Waals surface area contributed by atoms with Crippen molar-refractivity contribution in [1.29, 1.82) is 0 Å². The number of rotatable bonds is 2. The standard InChI is InChI=1S/C14H13NO3S/c16-10-4-1-8(2-5-10)13-15-11-6-3-9(14(17)18)7-12(11)19-13/h1-2,4-5,9,16H,3,6-7H2,(H,17,18). The molecule has 0 amide bonds. The Bertz CT molecular complexity index is 618. The van der Waals surface area contributed by atoms with E-state index in [0.29, 0.717) is 12.8 Å². The summed E-state index contributed by atoms with van der Waals surface area (Å²) in [5.41, 5.74) is 2.00. The summed E-state index contributed by atoms with van der Waals surface area (Å²) in [6.07, 6.45) is 1.99. The molecule has 1 unspecified atom stereocenters. The third kappa shape index (κ3) is 2.33. The first-order valence-electron chi connectivity index (χ1n) is 6.14. The van der Waals surface area contributed by atoms with Gasteiger partial charge in [-0.15, -0.1) is 11.3 Å². The van der Waals surface area contributed by atoms with Crippen molar-refractivity contribution >= 4 is 17.3 Å². The van der Waals surface area contributed by atoms with Crippen LogP contribution in [0.25, 0.3) is 10.6 Å². The van der Waals surface area contributed by atoms with Crippen molar-refractivity contribution in [3.05, 3.63) is 34.8 Å². The van der Waals surface area contributed by atoms with Gasteiger partial charge in [-0.3, -0.25) is 4.79 Å². The maximum absolute atomic E-state index is 11.0. The van der Waals surface area contributed by atoms with Gasteiger partial charge in [0.25, 0.3) is 0 Å². The summed E-state index contributed by atoms with van der Waals surface area (Å²) in [5, 5.41) is 19.3. The number of aliphatic carboxylic acids is 1. The van der Waals surface area contributed by atoms with Gasteiger partial charge >= 0.3 is 5.97 Å². The molecule has 0 bridgehead atoms. The van der Waals surface area contributed by atoms with Crippen LogP contribution in [0.5, 0.6) is 5.75 Å².